The van der Waals surface area contributed by atoms with Crippen LogP contribution in [0.4, 0.5) is 4.39 Å². The Balaban J connectivity index is 2.53. The zero-order valence-electron chi connectivity index (χ0n) is 9.86. The highest BCUT2D eigenvalue weighted by molar-refractivity contribution is 5.36. The van der Waals surface area contributed by atoms with Crippen molar-refractivity contribution in [1.29, 1.82) is 0 Å². The molecule has 1 aromatic carbocycles. The van der Waals surface area contributed by atoms with Crippen molar-refractivity contribution in [2.24, 2.45) is 5.73 Å². The predicted octanol–water partition coefficient (Wildman–Crippen LogP) is 1.23. The number of aliphatic hydroxyl groups excluding tert-OH is 1. The second-order valence-corrected chi connectivity index (χ2v) is 3.66. The number of halogens is 1. The van der Waals surface area contributed by atoms with E-state index in [1.165, 1.54) is 12.1 Å². The van der Waals surface area contributed by atoms with E-state index in [-0.39, 0.29) is 25.1 Å². The molecule has 0 aromatic heterocycles. The van der Waals surface area contributed by atoms with E-state index >= 15 is 0 Å². The van der Waals surface area contributed by atoms with Gasteiger partial charge in [-0.15, -0.1) is 0 Å². The zero-order chi connectivity index (χ0) is 12.7. The van der Waals surface area contributed by atoms with Crippen molar-refractivity contribution in [1.82, 2.24) is 0 Å². The average Bonchev–Trinajstić information content (AvgIpc) is 2.28. The second-order valence-electron chi connectivity index (χ2n) is 3.66. The molecule has 0 aliphatic rings. The molecule has 0 saturated carbocycles. The van der Waals surface area contributed by atoms with Crippen molar-refractivity contribution in [3.8, 4) is 5.75 Å². The first-order chi connectivity index (χ1) is 8.15. The van der Waals surface area contributed by atoms with E-state index in [0.29, 0.717) is 19.0 Å². The Kier molecular flexibility index (Phi) is 5.90. The zero-order valence-corrected chi connectivity index (χ0v) is 9.86. The SMILES string of the molecule is CC(N)c1ccc(F)cc1OCCOCCO. The topological polar surface area (TPSA) is 64.7 Å². The van der Waals surface area contributed by atoms with Crippen LogP contribution in [0.15, 0.2) is 18.2 Å². The summed E-state index contributed by atoms with van der Waals surface area (Å²) in [6, 6.07) is 4.06. The van der Waals surface area contributed by atoms with E-state index in [1.807, 2.05) is 6.92 Å². The lowest BCUT2D eigenvalue weighted by molar-refractivity contribution is 0.0702. The summed E-state index contributed by atoms with van der Waals surface area (Å²) in [5.74, 6) is 0.0771. The fourth-order valence-corrected chi connectivity index (χ4v) is 1.39. The molecule has 1 unspecified atom stereocenters. The maximum Gasteiger partial charge on any atom is 0.127 e. The van der Waals surface area contributed by atoms with Crippen LogP contribution in [0, 0.1) is 5.82 Å². The third-order valence-corrected chi connectivity index (χ3v) is 2.19. The van der Waals surface area contributed by atoms with Crippen molar-refractivity contribution < 1.29 is 19.0 Å². The predicted molar refractivity (Wildman–Crippen MR) is 62.4 cm³/mol. The molecule has 0 aliphatic heterocycles. The van der Waals surface area contributed by atoms with Gasteiger partial charge in [0.25, 0.3) is 0 Å². The summed E-state index contributed by atoms with van der Waals surface area (Å²) < 4.78 is 23.5. The minimum absolute atomic E-state index is 0.0228. The lowest BCUT2D eigenvalue weighted by atomic mass is 10.1. The van der Waals surface area contributed by atoms with Crippen LogP contribution in [0.3, 0.4) is 0 Å². The van der Waals surface area contributed by atoms with Crippen molar-refractivity contribution in [2.45, 2.75) is 13.0 Å². The summed E-state index contributed by atoms with van der Waals surface area (Å²) in [7, 11) is 0. The van der Waals surface area contributed by atoms with Gasteiger partial charge in [-0.3, -0.25) is 0 Å². The largest absolute Gasteiger partial charge is 0.491 e. The van der Waals surface area contributed by atoms with E-state index in [0.717, 1.165) is 5.56 Å². The van der Waals surface area contributed by atoms with Gasteiger partial charge in [-0.25, -0.2) is 4.39 Å². The van der Waals surface area contributed by atoms with Gasteiger partial charge in [-0.2, -0.15) is 0 Å². The third-order valence-electron chi connectivity index (χ3n) is 2.19. The van der Waals surface area contributed by atoms with E-state index in [1.54, 1.807) is 6.07 Å². The molecule has 4 nitrogen and oxygen atoms in total. The summed E-state index contributed by atoms with van der Waals surface area (Å²) in [6.07, 6.45) is 0. The van der Waals surface area contributed by atoms with Crippen molar-refractivity contribution in [3.05, 3.63) is 29.6 Å². The lowest BCUT2D eigenvalue weighted by Gasteiger charge is -2.14. The Morgan fingerprint density at radius 2 is 2.12 bits per heavy atom. The maximum absolute atomic E-state index is 13.1. The molecule has 5 heteroatoms. The van der Waals surface area contributed by atoms with E-state index in [2.05, 4.69) is 0 Å². The number of rotatable bonds is 7. The first kappa shape index (κ1) is 13.9. The molecular weight excluding hydrogens is 225 g/mol. The van der Waals surface area contributed by atoms with Crippen molar-refractivity contribution in [3.63, 3.8) is 0 Å². The molecule has 1 atom stereocenters. The quantitative estimate of drug-likeness (QED) is 0.707. The molecule has 0 bridgehead atoms. The van der Waals surface area contributed by atoms with Crippen LogP contribution in [0.2, 0.25) is 0 Å². The highest BCUT2D eigenvalue weighted by Crippen LogP contribution is 2.24. The first-order valence-corrected chi connectivity index (χ1v) is 5.51. The highest BCUT2D eigenvalue weighted by Gasteiger charge is 2.09. The Bertz CT molecular complexity index is 345. The van der Waals surface area contributed by atoms with E-state index in [4.69, 9.17) is 20.3 Å². The molecular formula is C12H18FNO3. The fourth-order valence-electron chi connectivity index (χ4n) is 1.39. The summed E-state index contributed by atoms with van der Waals surface area (Å²) in [4.78, 5) is 0. The number of ether oxygens (including phenoxy) is 2. The molecule has 0 amide bonds. The summed E-state index contributed by atoms with van der Waals surface area (Å²) in [6.45, 7) is 2.69. The molecule has 1 aromatic rings. The normalized spacial score (nSPS) is 12.5. The lowest BCUT2D eigenvalue weighted by Crippen LogP contribution is -2.12. The number of hydrogen-bond donors (Lipinski definition) is 2. The van der Waals surface area contributed by atoms with E-state index < -0.39 is 0 Å². The third kappa shape index (κ3) is 4.68. The smallest absolute Gasteiger partial charge is 0.127 e. The maximum atomic E-state index is 13.1. The van der Waals surface area contributed by atoms with Crippen LogP contribution < -0.4 is 10.5 Å². The summed E-state index contributed by atoms with van der Waals surface area (Å²) in [5.41, 5.74) is 6.51. The molecule has 0 heterocycles. The first-order valence-electron chi connectivity index (χ1n) is 5.51. The van der Waals surface area contributed by atoms with Crippen molar-refractivity contribution in [2.75, 3.05) is 26.4 Å². The van der Waals surface area contributed by atoms with Gasteiger partial charge >= 0.3 is 0 Å². The monoisotopic (exact) mass is 243 g/mol. The minimum atomic E-state index is -0.360. The van der Waals surface area contributed by atoms with Gasteiger partial charge in [0.2, 0.25) is 0 Å². The Morgan fingerprint density at radius 3 is 2.76 bits per heavy atom. The Hall–Kier alpha value is -1.17. The van der Waals surface area contributed by atoms with E-state index in [9.17, 15) is 4.39 Å². The van der Waals surface area contributed by atoms with Crippen LogP contribution in [-0.4, -0.2) is 31.5 Å². The number of benzene rings is 1. The van der Waals surface area contributed by atoms with Gasteiger partial charge in [-0.1, -0.05) is 6.07 Å². The van der Waals surface area contributed by atoms with Crippen LogP contribution >= 0.6 is 0 Å². The minimum Gasteiger partial charge on any atom is -0.491 e. The molecule has 1 rings (SSSR count). The van der Waals surface area contributed by atoms with Gasteiger partial charge in [0.15, 0.2) is 0 Å². The molecule has 17 heavy (non-hydrogen) atoms. The molecule has 96 valence electrons. The summed E-state index contributed by atoms with van der Waals surface area (Å²) in [5, 5.41) is 8.50. The Morgan fingerprint density at radius 1 is 1.35 bits per heavy atom. The van der Waals surface area contributed by atoms with Gasteiger partial charge in [0, 0.05) is 17.7 Å². The standard InChI is InChI=1S/C12H18FNO3/c1-9(14)11-3-2-10(13)8-12(11)17-7-6-16-5-4-15/h2-3,8-9,15H,4-7,14H2,1H3. The summed E-state index contributed by atoms with van der Waals surface area (Å²) >= 11 is 0. The van der Waals surface area contributed by atoms with Crippen molar-refractivity contribution >= 4 is 0 Å². The molecule has 0 spiro atoms. The number of hydrogen-bond acceptors (Lipinski definition) is 4. The molecule has 0 aliphatic carbocycles. The molecule has 3 N–H and O–H groups in total. The average molecular weight is 243 g/mol. The van der Waals surface area contributed by atoms with Crippen LogP contribution in [0.5, 0.6) is 5.75 Å². The number of aliphatic hydroxyl groups is 1. The van der Waals surface area contributed by atoms with Gasteiger partial charge in [-0.05, 0) is 13.0 Å². The van der Waals surface area contributed by atoms with Crippen LogP contribution in [0.25, 0.3) is 0 Å². The Labute approximate surface area is 100 Å². The fraction of sp³-hybridized carbons (Fsp3) is 0.500. The molecule has 0 saturated heterocycles. The number of nitrogens with two attached hydrogens (primary N) is 1. The highest BCUT2D eigenvalue weighted by atomic mass is 19.1. The van der Waals surface area contributed by atoms with Crippen LogP contribution in [-0.2, 0) is 4.74 Å². The molecule has 0 radical (unpaired) electrons. The molecule has 0 fully saturated rings. The van der Waals surface area contributed by atoms with Gasteiger partial charge in [0.05, 0.1) is 19.8 Å². The van der Waals surface area contributed by atoms with Gasteiger partial charge < -0.3 is 20.3 Å². The van der Waals surface area contributed by atoms with Gasteiger partial charge in [0.1, 0.15) is 18.2 Å². The van der Waals surface area contributed by atoms with Crippen LogP contribution in [0.1, 0.15) is 18.5 Å². The second kappa shape index (κ2) is 7.21.